The number of rotatable bonds is 5. The van der Waals surface area contributed by atoms with Gasteiger partial charge in [-0.15, -0.1) is 0 Å². The fourth-order valence-corrected chi connectivity index (χ4v) is 4.61. The van der Waals surface area contributed by atoms with Crippen LogP contribution in [0.25, 0.3) is 10.9 Å². The molecule has 2 heterocycles. The number of hydrogen-bond acceptors (Lipinski definition) is 5. The van der Waals surface area contributed by atoms with Crippen molar-refractivity contribution in [1.29, 1.82) is 0 Å². The number of aromatic nitrogens is 1. The summed E-state index contributed by atoms with van der Waals surface area (Å²) >= 11 is 0. The molecule has 2 aromatic carbocycles. The minimum atomic E-state index is -3.56. The Morgan fingerprint density at radius 1 is 1.10 bits per heavy atom. The molecule has 1 amide bonds. The molecule has 1 aromatic heterocycles. The Morgan fingerprint density at radius 2 is 1.83 bits per heavy atom. The number of H-pyrrole nitrogens is 1. The van der Waals surface area contributed by atoms with Crippen LogP contribution in [0.2, 0.25) is 0 Å². The van der Waals surface area contributed by atoms with Crippen LogP contribution in [-0.2, 0) is 14.8 Å². The predicted molar refractivity (Wildman–Crippen MR) is 109 cm³/mol. The van der Waals surface area contributed by atoms with Crippen molar-refractivity contribution >= 4 is 32.5 Å². The summed E-state index contributed by atoms with van der Waals surface area (Å²) in [5.41, 5.74) is 1.73. The first kappa shape index (κ1) is 19.4. The SMILES string of the molecule is COc1ccc2[nH]c(C(=O)Nc3ccc(S(=O)(=O)N4CCOCC4)cc3)cc2c1. The maximum absolute atomic E-state index is 12.7. The van der Waals surface area contributed by atoms with Crippen LogP contribution in [0.5, 0.6) is 5.75 Å². The number of carbonyl (C=O) groups is 1. The van der Waals surface area contributed by atoms with Gasteiger partial charge in [0.25, 0.3) is 5.91 Å². The fraction of sp³-hybridized carbons (Fsp3) is 0.250. The minimum Gasteiger partial charge on any atom is -0.497 e. The van der Waals surface area contributed by atoms with E-state index >= 15 is 0 Å². The number of methoxy groups -OCH3 is 1. The molecule has 0 radical (unpaired) electrons. The number of hydrogen-bond donors (Lipinski definition) is 2. The monoisotopic (exact) mass is 415 g/mol. The molecule has 3 aromatic rings. The molecule has 2 N–H and O–H groups in total. The Morgan fingerprint density at radius 3 is 2.52 bits per heavy atom. The highest BCUT2D eigenvalue weighted by Crippen LogP contribution is 2.23. The van der Waals surface area contributed by atoms with Gasteiger partial charge in [-0.1, -0.05) is 0 Å². The van der Waals surface area contributed by atoms with E-state index in [1.54, 1.807) is 25.3 Å². The van der Waals surface area contributed by atoms with Crippen LogP contribution in [0.15, 0.2) is 53.4 Å². The summed E-state index contributed by atoms with van der Waals surface area (Å²) < 4.78 is 37.1. The molecular formula is C20H21N3O5S. The Balaban J connectivity index is 1.49. The summed E-state index contributed by atoms with van der Waals surface area (Å²) in [6.45, 7) is 1.46. The molecule has 0 atom stereocenters. The van der Waals surface area contributed by atoms with Gasteiger partial charge in [0.1, 0.15) is 11.4 Å². The first-order valence-electron chi connectivity index (χ1n) is 9.13. The molecule has 29 heavy (non-hydrogen) atoms. The maximum atomic E-state index is 12.7. The van der Waals surface area contributed by atoms with Crippen molar-refractivity contribution in [3.8, 4) is 5.75 Å². The third-order valence-electron chi connectivity index (χ3n) is 4.79. The first-order valence-corrected chi connectivity index (χ1v) is 10.6. The van der Waals surface area contributed by atoms with Crippen LogP contribution in [0.3, 0.4) is 0 Å². The normalized spacial score (nSPS) is 15.3. The number of amides is 1. The number of carbonyl (C=O) groups excluding carboxylic acids is 1. The molecule has 8 nitrogen and oxygen atoms in total. The highest BCUT2D eigenvalue weighted by molar-refractivity contribution is 7.89. The Labute approximate surface area is 168 Å². The molecule has 0 aliphatic carbocycles. The highest BCUT2D eigenvalue weighted by atomic mass is 32.2. The van der Waals surface area contributed by atoms with Crippen molar-refractivity contribution in [3.05, 3.63) is 54.2 Å². The van der Waals surface area contributed by atoms with Crippen LogP contribution in [0, 0.1) is 0 Å². The Hall–Kier alpha value is -2.88. The first-order chi connectivity index (χ1) is 14.0. The zero-order valence-corrected chi connectivity index (χ0v) is 16.7. The van der Waals surface area contributed by atoms with Crippen LogP contribution in [0.1, 0.15) is 10.5 Å². The van der Waals surface area contributed by atoms with Crippen molar-refractivity contribution in [1.82, 2.24) is 9.29 Å². The molecule has 1 aliphatic heterocycles. The van der Waals surface area contributed by atoms with Gasteiger partial charge in [-0.3, -0.25) is 4.79 Å². The number of morpholine rings is 1. The number of nitrogens with zero attached hydrogens (tertiary/aromatic N) is 1. The average molecular weight is 415 g/mol. The van der Waals surface area contributed by atoms with E-state index in [9.17, 15) is 13.2 Å². The van der Waals surface area contributed by atoms with Gasteiger partial charge in [-0.2, -0.15) is 4.31 Å². The molecule has 1 saturated heterocycles. The van der Waals surface area contributed by atoms with Crippen molar-refractivity contribution < 1.29 is 22.7 Å². The van der Waals surface area contributed by atoms with Crippen LogP contribution < -0.4 is 10.1 Å². The molecule has 0 unspecified atom stereocenters. The lowest BCUT2D eigenvalue weighted by Crippen LogP contribution is -2.40. The topological polar surface area (TPSA) is 101 Å². The minimum absolute atomic E-state index is 0.190. The van der Waals surface area contributed by atoms with E-state index < -0.39 is 10.0 Å². The fourth-order valence-electron chi connectivity index (χ4n) is 3.20. The van der Waals surface area contributed by atoms with E-state index in [0.29, 0.717) is 43.4 Å². The summed E-state index contributed by atoms with van der Waals surface area (Å²) in [5.74, 6) is 0.393. The lowest BCUT2D eigenvalue weighted by atomic mass is 10.2. The van der Waals surface area contributed by atoms with Gasteiger partial charge >= 0.3 is 0 Å². The number of anilines is 1. The molecule has 0 spiro atoms. The number of nitrogens with one attached hydrogen (secondary N) is 2. The maximum Gasteiger partial charge on any atom is 0.272 e. The average Bonchev–Trinajstić information content (AvgIpc) is 3.18. The second-order valence-corrected chi connectivity index (χ2v) is 8.57. The largest absolute Gasteiger partial charge is 0.497 e. The third-order valence-corrected chi connectivity index (χ3v) is 6.71. The van der Waals surface area contributed by atoms with Crippen molar-refractivity contribution in [2.24, 2.45) is 0 Å². The number of aromatic amines is 1. The smallest absolute Gasteiger partial charge is 0.272 e. The molecule has 1 fully saturated rings. The van der Waals surface area contributed by atoms with E-state index in [1.807, 2.05) is 18.2 Å². The van der Waals surface area contributed by atoms with Gasteiger partial charge in [0, 0.05) is 29.7 Å². The highest BCUT2D eigenvalue weighted by Gasteiger charge is 2.26. The quantitative estimate of drug-likeness (QED) is 0.667. The van der Waals surface area contributed by atoms with E-state index in [-0.39, 0.29) is 10.8 Å². The lowest BCUT2D eigenvalue weighted by Gasteiger charge is -2.26. The van der Waals surface area contributed by atoms with Crippen molar-refractivity contribution in [2.45, 2.75) is 4.90 Å². The van der Waals surface area contributed by atoms with Crippen LogP contribution >= 0.6 is 0 Å². The lowest BCUT2D eigenvalue weighted by molar-refractivity contribution is 0.0730. The van der Waals surface area contributed by atoms with Gasteiger partial charge in [0.05, 0.1) is 25.2 Å². The summed E-state index contributed by atoms with van der Waals surface area (Å²) in [4.78, 5) is 15.8. The van der Waals surface area contributed by atoms with Gasteiger partial charge in [0.15, 0.2) is 0 Å². The summed E-state index contributed by atoms with van der Waals surface area (Å²) in [6, 6.07) is 13.4. The zero-order chi connectivity index (χ0) is 20.4. The van der Waals surface area contributed by atoms with E-state index in [2.05, 4.69) is 10.3 Å². The van der Waals surface area contributed by atoms with Crippen LogP contribution in [0.4, 0.5) is 5.69 Å². The second kappa shape index (κ2) is 7.86. The van der Waals surface area contributed by atoms with Gasteiger partial charge in [0.2, 0.25) is 10.0 Å². The standard InChI is InChI=1S/C20H21N3O5S/c1-27-16-4-7-18-14(12-16)13-19(22-18)20(24)21-15-2-5-17(6-3-15)29(25,26)23-8-10-28-11-9-23/h2-7,12-13,22H,8-11H2,1H3,(H,21,24). The van der Waals surface area contributed by atoms with E-state index in [4.69, 9.17) is 9.47 Å². The Bertz CT molecular complexity index is 1130. The molecule has 0 saturated carbocycles. The molecule has 4 rings (SSSR count). The number of fused-ring (bicyclic) bond motifs is 1. The van der Waals surface area contributed by atoms with Crippen molar-refractivity contribution in [3.63, 3.8) is 0 Å². The van der Waals surface area contributed by atoms with Crippen LogP contribution in [-0.4, -0.2) is 57.0 Å². The summed E-state index contributed by atoms with van der Waals surface area (Å²) in [6.07, 6.45) is 0. The third kappa shape index (κ3) is 3.98. The zero-order valence-electron chi connectivity index (χ0n) is 15.8. The summed E-state index contributed by atoms with van der Waals surface area (Å²) in [5, 5.41) is 3.64. The number of sulfonamides is 1. The summed E-state index contributed by atoms with van der Waals surface area (Å²) in [7, 11) is -1.97. The van der Waals surface area contributed by atoms with Gasteiger partial charge in [-0.05, 0) is 48.5 Å². The van der Waals surface area contributed by atoms with E-state index in [1.165, 1.54) is 16.4 Å². The Kier molecular flexibility index (Phi) is 5.27. The second-order valence-electron chi connectivity index (χ2n) is 6.63. The predicted octanol–water partition coefficient (Wildman–Crippen LogP) is 2.45. The molecule has 152 valence electrons. The molecular weight excluding hydrogens is 394 g/mol. The van der Waals surface area contributed by atoms with Crippen molar-refractivity contribution in [2.75, 3.05) is 38.7 Å². The molecule has 9 heteroatoms. The van der Waals surface area contributed by atoms with E-state index in [0.717, 1.165) is 10.9 Å². The number of ether oxygens (including phenoxy) is 2. The number of benzene rings is 2. The van der Waals surface area contributed by atoms with Gasteiger partial charge in [-0.25, -0.2) is 8.42 Å². The molecule has 1 aliphatic rings. The van der Waals surface area contributed by atoms with Gasteiger partial charge < -0.3 is 19.8 Å². The molecule has 0 bridgehead atoms.